The van der Waals surface area contributed by atoms with Crippen molar-refractivity contribution in [2.45, 2.75) is 44.9 Å². The molecule has 5 nitrogen and oxygen atoms in total. The van der Waals surface area contributed by atoms with E-state index in [1.165, 1.54) is 5.56 Å². The lowest BCUT2D eigenvalue weighted by Gasteiger charge is -2.32. The predicted molar refractivity (Wildman–Crippen MR) is 140 cm³/mol. The molecule has 0 unspecified atom stereocenters. The normalized spacial score (nSPS) is 14.4. The Kier molecular flexibility index (Phi) is 8.68. The maximum Gasteiger partial charge on any atom is 0.224 e. The molecule has 1 aliphatic heterocycles. The van der Waals surface area contributed by atoms with E-state index in [0.717, 1.165) is 61.6 Å². The Hall–Kier alpha value is -3.44. The van der Waals surface area contributed by atoms with Crippen LogP contribution in [0.1, 0.15) is 60.9 Å². The Labute approximate surface area is 208 Å². The molecule has 5 heteroatoms. The summed E-state index contributed by atoms with van der Waals surface area (Å²) >= 11 is 0. The zero-order valence-corrected chi connectivity index (χ0v) is 20.4. The summed E-state index contributed by atoms with van der Waals surface area (Å²) in [6.45, 7) is 4.88. The van der Waals surface area contributed by atoms with Crippen LogP contribution in [0.4, 0.5) is 5.69 Å². The van der Waals surface area contributed by atoms with Crippen LogP contribution in [-0.4, -0.2) is 36.2 Å². The Morgan fingerprint density at radius 2 is 1.63 bits per heavy atom. The number of hydrogen-bond donors (Lipinski definition) is 1. The third-order valence-electron chi connectivity index (χ3n) is 6.58. The second-order valence-corrected chi connectivity index (χ2v) is 9.11. The lowest BCUT2D eigenvalue weighted by Crippen LogP contribution is -2.33. The molecule has 0 bridgehead atoms. The van der Waals surface area contributed by atoms with Crippen molar-refractivity contribution < 1.29 is 14.3 Å². The Morgan fingerprint density at radius 3 is 2.34 bits per heavy atom. The van der Waals surface area contributed by atoms with Gasteiger partial charge in [-0.15, -0.1) is 0 Å². The number of ether oxygens (including phenoxy) is 1. The van der Waals surface area contributed by atoms with Crippen molar-refractivity contribution >= 4 is 17.4 Å². The van der Waals surface area contributed by atoms with Crippen molar-refractivity contribution in [1.82, 2.24) is 4.90 Å². The first-order valence-electron chi connectivity index (χ1n) is 12.6. The topological polar surface area (TPSA) is 58.6 Å². The number of piperidine rings is 1. The highest BCUT2D eigenvalue weighted by Gasteiger charge is 2.21. The van der Waals surface area contributed by atoms with Gasteiger partial charge in [0.1, 0.15) is 11.5 Å². The summed E-state index contributed by atoms with van der Waals surface area (Å²) in [7, 11) is 0. The van der Waals surface area contributed by atoms with Crippen LogP contribution in [0.3, 0.4) is 0 Å². The number of carbonyl (C=O) groups excluding carboxylic acids is 2. The SMILES string of the molecule is CCC(=O)Nc1cccc(C2CCN(CCCC(=O)c3ccc(Oc4ccccc4)cc3)CC2)c1. The quantitative estimate of drug-likeness (QED) is 0.336. The van der Waals surface area contributed by atoms with Crippen molar-refractivity contribution in [3.63, 3.8) is 0 Å². The number of Topliss-reactive ketones (excluding diaryl/α,β-unsaturated/α-hetero) is 1. The monoisotopic (exact) mass is 470 g/mol. The average Bonchev–Trinajstić information content (AvgIpc) is 2.90. The van der Waals surface area contributed by atoms with Gasteiger partial charge in [-0.25, -0.2) is 0 Å². The fourth-order valence-corrected chi connectivity index (χ4v) is 4.55. The van der Waals surface area contributed by atoms with Gasteiger partial charge in [0, 0.05) is 24.1 Å². The number of rotatable bonds is 10. The molecule has 0 spiro atoms. The molecule has 1 saturated heterocycles. The third-order valence-corrected chi connectivity index (χ3v) is 6.58. The standard InChI is InChI=1S/C30H34N2O3/c1-2-30(34)31-26-9-6-8-25(22-26)23-17-20-32(21-18-23)19-7-12-29(33)24-13-15-28(16-14-24)35-27-10-4-3-5-11-27/h3-6,8-11,13-16,22-23H,2,7,12,17-21H2,1H3,(H,31,34). The summed E-state index contributed by atoms with van der Waals surface area (Å²) in [5, 5.41) is 2.96. The van der Waals surface area contributed by atoms with Crippen LogP contribution in [-0.2, 0) is 4.79 Å². The van der Waals surface area contributed by atoms with Gasteiger partial charge in [-0.1, -0.05) is 37.3 Å². The maximum absolute atomic E-state index is 12.6. The number of hydrogen-bond acceptors (Lipinski definition) is 4. The summed E-state index contributed by atoms with van der Waals surface area (Å²) in [4.78, 5) is 26.8. The lowest BCUT2D eigenvalue weighted by atomic mass is 9.89. The molecular weight excluding hydrogens is 436 g/mol. The zero-order valence-electron chi connectivity index (χ0n) is 20.4. The van der Waals surface area contributed by atoms with E-state index < -0.39 is 0 Å². The number of ketones is 1. The molecule has 0 aromatic heterocycles. The molecule has 1 fully saturated rings. The summed E-state index contributed by atoms with van der Waals surface area (Å²) < 4.78 is 5.81. The summed E-state index contributed by atoms with van der Waals surface area (Å²) in [6, 6.07) is 25.3. The van der Waals surface area contributed by atoms with Gasteiger partial charge >= 0.3 is 0 Å². The highest BCUT2D eigenvalue weighted by Crippen LogP contribution is 2.30. The average molecular weight is 471 g/mol. The number of likely N-dealkylation sites (tertiary alicyclic amines) is 1. The summed E-state index contributed by atoms with van der Waals surface area (Å²) in [5.74, 6) is 2.25. The van der Waals surface area contributed by atoms with E-state index >= 15 is 0 Å². The molecule has 182 valence electrons. The number of anilines is 1. The number of nitrogens with zero attached hydrogens (tertiary/aromatic N) is 1. The van der Waals surface area contributed by atoms with Crippen molar-refractivity contribution in [2.75, 3.05) is 25.0 Å². The smallest absolute Gasteiger partial charge is 0.224 e. The predicted octanol–water partition coefficient (Wildman–Crippen LogP) is 6.67. The molecule has 3 aromatic carbocycles. The maximum atomic E-state index is 12.6. The van der Waals surface area contributed by atoms with Crippen molar-refractivity contribution in [2.24, 2.45) is 0 Å². The molecule has 1 N–H and O–H groups in total. The van der Waals surface area contributed by atoms with Crippen LogP contribution < -0.4 is 10.1 Å². The first kappa shape index (κ1) is 24.7. The fraction of sp³-hybridized carbons (Fsp3) is 0.333. The van der Waals surface area contributed by atoms with Gasteiger partial charge in [0.2, 0.25) is 5.91 Å². The minimum Gasteiger partial charge on any atom is -0.457 e. The van der Waals surface area contributed by atoms with E-state index in [2.05, 4.69) is 22.3 Å². The van der Waals surface area contributed by atoms with Crippen molar-refractivity contribution in [1.29, 1.82) is 0 Å². The second kappa shape index (κ2) is 12.3. The van der Waals surface area contributed by atoms with E-state index in [-0.39, 0.29) is 11.7 Å². The molecule has 0 saturated carbocycles. The zero-order chi connectivity index (χ0) is 24.5. The van der Waals surface area contributed by atoms with E-state index in [9.17, 15) is 9.59 Å². The van der Waals surface area contributed by atoms with E-state index in [4.69, 9.17) is 4.74 Å². The molecule has 0 aliphatic carbocycles. The van der Waals surface area contributed by atoms with Crippen molar-refractivity contribution in [3.8, 4) is 11.5 Å². The van der Waals surface area contributed by atoms with Gasteiger partial charge in [-0.05, 0) is 98.9 Å². The lowest BCUT2D eigenvalue weighted by molar-refractivity contribution is -0.115. The summed E-state index contributed by atoms with van der Waals surface area (Å²) in [5.41, 5.74) is 2.92. The van der Waals surface area contributed by atoms with Crippen LogP contribution in [0.5, 0.6) is 11.5 Å². The van der Waals surface area contributed by atoms with Crippen LogP contribution in [0.15, 0.2) is 78.9 Å². The van der Waals surface area contributed by atoms with Crippen LogP contribution in [0, 0.1) is 0 Å². The molecule has 1 heterocycles. The first-order valence-corrected chi connectivity index (χ1v) is 12.6. The van der Waals surface area contributed by atoms with E-state index in [1.807, 2.05) is 73.7 Å². The molecule has 1 aliphatic rings. The van der Waals surface area contributed by atoms with Crippen LogP contribution in [0.25, 0.3) is 0 Å². The van der Waals surface area contributed by atoms with Gasteiger partial charge in [-0.2, -0.15) is 0 Å². The second-order valence-electron chi connectivity index (χ2n) is 9.11. The molecule has 35 heavy (non-hydrogen) atoms. The van der Waals surface area contributed by atoms with E-state index in [0.29, 0.717) is 18.8 Å². The summed E-state index contributed by atoms with van der Waals surface area (Å²) in [6.07, 6.45) is 4.10. The van der Waals surface area contributed by atoms with Gasteiger partial charge < -0.3 is 15.0 Å². The Bertz CT molecular complexity index is 1100. The number of benzene rings is 3. The molecule has 0 atom stereocenters. The minimum atomic E-state index is 0.0444. The Balaban J connectivity index is 1.19. The number of nitrogens with one attached hydrogen (secondary N) is 1. The molecule has 0 radical (unpaired) electrons. The largest absolute Gasteiger partial charge is 0.457 e. The van der Waals surface area contributed by atoms with Crippen LogP contribution in [0.2, 0.25) is 0 Å². The molecule has 3 aromatic rings. The molecular formula is C30H34N2O3. The van der Waals surface area contributed by atoms with Gasteiger partial charge in [0.05, 0.1) is 0 Å². The van der Waals surface area contributed by atoms with E-state index in [1.54, 1.807) is 0 Å². The number of para-hydroxylation sites is 1. The van der Waals surface area contributed by atoms with Crippen molar-refractivity contribution in [3.05, 3.63) is 90.0 Å². The van der Waals surface area contributed by atoms with Gasteiger partial charge in [-0.3, -0.25) is 9.59 Å². The highest BCUT2D eigenvalue weighted by molar-refractivity contribution is 5.96. The molecule has 1 amide bonds. The molecule has 4 rings (SSSR count). The number of carbonyl (C=O) groups is 2. The highest BCUT2D eigenvalue weighted by atomic mass is 16.5. The first-order chi connectivity index (χ1) is 17.1. The minimum absolute atomic E-state index is 0.0444. The van der Waals surface area contributed by atoms with Crippen LogP contribution >= 0.6 is 0 Å². The fourth-order valence-electron chi connectivity index (χ4n) is 4.55. The third kappa shape index (κ3) is 7.27. The van der Waals surface area contributed by atoms with Gasteiger partial charge in [0.25, 0.3) is 0 Å². The number of amides is 1. The van der Waals surface area contributed by atoms with Gasteiger partial charge in [0.15, 0.2) is 5.78 Å². The Morgan fingerprint density at radius 1 is 0.914 bits per heavy atom.